The maximum absolute atomic E-state index is 13.0. The number of unbranched alkanes of at least 4 members (excludes halogenated alkanes) is 6. The van der Waals surface area contributed by atoms with Gasteiger partial charge in [-0.15, -0.1) is 0 Å². The number of fused-ring (bicyclic) bond motifs is 5. The smallest absolute Gasteiger partial charge is 0.393 e. The van der Waals surface area contributed by atoms with Gasteiger partial charge in [0.25, 0.3) is 0 Å². The molecule has 0 spiro atoms. The predicted molar refractivity (Wildman–Crippen MR) is 170 cm³/mol. The van der Waals surface area contributed by atoms with Crippen molar-refractivity contribution in [2.24, 2.45) is 23.2 Å². The van der Waals surface area contributed by atoms with Crippen LogP contribution in [0.3, 0.4) is 0 Å². The van der Waals surface area contributed by atoms with Gasteiger partial charge in [-0.25, -0.2) is 0 Å². The van der Waals surface area contributed by atoms with Gasteiger partial charge in [-0.05, 0) is 103 Å². The fourth-order valence-corrected chi connectivity index (χ4v) is 9.96. The molecular weight excluding hydrogens is 591 g/mol. The number of halogens is 5. The van der Waals surface area contributed by atoms with Crippen molar-refractivity contribution in [2.75, 3.05) is 11.5 Å². The maximum Gasteiger partial charge on any atom is 0.453 e. The van der Waals surface area contributed by atoms with Crippen LogP contribution < -0.4 is 0 Å². The number of benzene rings is 1. The highest BCUT2D eigenvalue weighted by atomic mass is 32.2. The molecule has 0 amide bonds. The molecule has 0 heterocycles. The van der Waals surface area contributed by atoms with Gasteiger partial charge in [0.1, 0.15) is 0 Å². The zero-order chi connectivity index (χ0) is 32.3. The van der Waals surface area contributed by atoms with Gasteiger partial charge in [-0.3, -0.25) is 4.21 Å². The Balaban J connectivity index is 1.21. The first-order chi connectivity index (χ1) is 20.5. The van der Waals surface area contributed by atoms with E-state index in [0.29, 0.717) is 29.4 Å². The number of hydrogen-bond donors (Lipinski definition) is 1. The molecule has 1 N–H and O–H groups in total. The highest BCUT2D eigenvalue weighted by Crippen LogP contribution is 2.62. The summed E-state index contributed by atoms with van der Waals surface area (Å²) < 4.78 is 74.8. The molecular formula is C36H55F5O2S. The monoisotopic (exact) mass is 646 g/mol. The first kappa shape index (κ1) is 35.8. The van der Waals surface area contributed by atoms with Crippen molar-refractivity contribution >= 4 is 10.8 Å². The van der Waals surface area contributed by atoms with Crippen LogP contribution in [0.25, 0.3) is 0 Å². The van der Waals surface area contributed by atoms with E-state index in [1.807, 2.05) is 0 Å². The van der Waals surface area contributed by atoms with Gasteiger partial charge in [0.05, 0.1) is 6.10 Å². The molecule has 0 radical (unpaired) electrons. The standard InChI is InChI=1S/C36H55F5O2S/c1-33(2,3)27-14-15-28-26(24-27)23-25(32-29(28)18-20-34(4)30(32)16-17-31(34)42)13-10-8-6-5-7-9-11-21-44(43)22-12-19-35(37,38)36(39,40)41/h14-15,24-25,29-32,42H,5-13,16-23H2,1-4H3/t25-,29-,30+,31+,32?,34+,44?/m1/s1. The molecule has 1 aromatic carbocycles. The van der Waals surface area contributed by atoms with Crippen LogP contribution in [0.2, 0.25) is 0 Å². The van der Waals surface area contributed by atoms with Crippen LogP contribution in [0.5, 0.6) is 0 Å². The van der Waals surface area contributed by atoms with Gasteiger partial charge in [0.15, 0.2) is 0 Å². The van der Waals surface area contributed by atoms with Crippen LogP contribution in [0.15, 0.2) is 18.2 Å². The summed E-state index contributed by atoms with van der Waals surface area (Å²) in [5.41, 5.74) is 4.73. The second-order valence-corrected chi connectivity index (χ2v) is 17.2. The Morgan fingerprint density at radius 2 is 1.52 bits per heavy atom. The molecule has 2 saturated carbocycles. The van der Waals surface area contributed by atoms with Crippen molar-refractivity contribution in [1.82, 2.24) is 0 Å². The van der Waals surface area contributed by atoms with Gasteiger partial charge in [0.2, 0.25) is 0 Å². The highest BCUT2D eigenvalue weighted by molar-refractivity contribution is 7.84. The van der Waals surface area contributed by atoms with E-state index in [1.165, 1.54) is 31.2 Å². The minimum Gasteiger partial charge on any atom is -0.393 e. The van der Waals surface area contributed by atoms with Crippen LogP contribution in [-0.4, -0.2) is 39.0 Å². The molecule has 0 bridgehead atoms. The van der Waals surface area contributed by atoms with Crippen molar-refractivity contribution in [3.63, 3.8) is 0 Å². The molecule has 4 rings (SSSR count). The lowest BCUT2D eigenvalue weighted by Crippen LogP contribution is -2.47. The Labute approximate surface area is 264 Å². The first-order valence-corrected chi connectivity index (χ1v) is 18.6. The molecule has 3 aliphatic rings. The average Bonchev–Trinajstić information content (AvgIpc) is 3.24. The first-order valence-electron chi connectivity index (χ1n) is 17.2. The molecule has 44 heavy (non-hydrogen) atoms. The van der Waals surface area contributed by atoms with E-state index in [0.717, 1.165) is 57.8 Å². The zero-order valence-corrected chi connectivity index (χ0v) is 28.1. The molecule has 8 heteroatoms. The maximum atomic E-state index is 13.0. The summed E-state index contributed by atoms with van der Waals surface area (Å²) in [6, 6.07) is 7.27. The van der Waals surface area contributed by atoms with Crippen LogP contribution in [-0.2, 0) is 22.6 Å². The Bertz CT molecular complexity index is 1110. The van der Waals surface area contributed by atoms with Crippen molar-refractivity contribution in [3.8, 4) is 0 Å². The number of alkyl halides is 5. The topological polar surface area (TPSA) is 37.3 Å². The van der Waals surface area contributed by atoms with E-state index < -0.39 is 29.3 Å². The van der Waals surface area contributed by atoms with Gasteiger partial charge in [-0.2, -0.15) is 22.0 Å². The van der Waals surface area contributed by atoms with E-state index >= 15 is 0 Å². The molecule has 2 unspecified atom stereocenters. The predicted octanol–water partition coefficient (Wildman–Crippen LogP) is 10.3. The van der Waals surface area contributed by atoms with Crippen molar-refractivity contribution in [1.29, 1.82) is 0 Å². The van der Waals surface area contributed by atoms with Crippen LogP contribution >= 0.6 is 0 Å². The Morgan fingerprint density at radius 3 is 2.18 bits per heavy atom. The van der Waals surface area contributed by atoms with Crippen LogP contribution in [0.4, 0.5) is 22.0 Å². The Hall–Kier alpha value is -1.02. The average molecular weight is 647 g/mol. The summed E-state index contributed by atoms with van der Waals surface area (Å²) in [6.45, 7) is 9.21. The Kier molecular flexibility index (Phi) is 11.7. The molecule has 2 nitrogen and oxygen atoms in total. The molecule has 7 atom stereocenters. The fourth-order valence-electron chi connectivity index (χ4n) is 8.76. The van der Waals surface area contributed by atoms with Crippen molar-refractivity contribution in [2.45, 2.75) is 154 Å². The number of aliphatic hydroxyl groups excluding tert-OH is 1. The normalized spacial score (nSPS) is 29.6. The summed E-state index contributed by atoms with van der Waals surface area (Å²) in [6.07, 6.45) is 6.69. The second kappa shape index (κ2) is 14.4. The number of aliphatic hydroxyl groups is 1. The fraction of sp³-hybridized carbons (Fsp3) is 0.833. The number of hydrogen-bond acceptors (Lipinski definition) is 2. The largest absolute Gasteiger partial charge is 0.453 e. The third-order valence-corrected chi connectivity index (χ3v) is 12.9. The molecule has 0 aliphatic heterocycles. The van der Waals surface area contributed by atoms with E-state index in [1.54, 1.807) is 11.1 Å². The quantitative estimate of drug-likeness (QED) is 0.161. The highest BCUT2D eigenvalue weighted by Gasteiger charge is 2.57. The minimum absolute atomic E-state index is 0.0556. The minimum atomic E-state index is -5.54. The summed E-state index contributed by atoms with van der Waals surface area (Å²) in [5.74, 6) is -1.92. The van der Waals surface area contributed by atoms with Crippen molar-refractivity contribution < 1.29 is 31.3 Å². The van der Waals surface area contributed by atoms with Crippen molar-refractivity contribution in [3.05, 3.63) is 34.9 Å². The SMILES string of the molecule is CC(C)(C)c1ccc2c(c1)C[C@@H](CCCCCCCCCS(=O)CCCC(F)(F)C(F)(F)F)C1[C@@H]2CC[C@]2(C)[C@@H](O)CC[C@@H]12. The van der Waals surface area contributed by atoms with E-state index in [-0.39, 0.29) is 29.1 Å². The van der Waals surface area contributed by atoms with Gasteiger partial charge < -0.3 is 5.11 Å². The van der Waals surface area contributed by atoms with E-state index in [2.05, 4.69) is 45.9 Å². The van der Waals surface area contributed by atoms with Crippen LogP contribution in [0, 0.1) is 23.2 Å². The van der Waals surface area contributed by atoms with Gasteiger partial charge in [-0.1, -0.05) is 84.4 Å². The summed E-state index contributed by atoms with van der Waals surface area (Å²) in [5, 5.41) is 11.0. The summed E-state index contributed by atoms with van der Waals surface area (Å²) in [7, 11) is -1.34. The third-order valence-electron chi connectivity index (χ3n) is 11.4. The Morgan fingerprint density at radius 1 is 0.886 bits per heavy atom. The van der Waals surface area contributed by atoms with Gasteiger partial charge in [0, 0.05) is 28.7 Å². The van der Waals surface area contributed by atoms with Gasteiger partial charge >= 0.3 is 12.1 Å². The molecule has 0 aromatic heterocycles. The van der Waals surface area contributed by atoms with E-state index in [4.69, 9.17) is 0 Å². The zero-order valence-electron chi connectivity index (χ0n) is 27.3. The summed E-state index contributed by atoms with van der Waals surface area (Å²) in [4.78, 5) is 0. The number of rotatable bonds is 14. The lowest BCUT2D eigenvalue weighted by Gasteiger charge is -2.53. The molecule has 0 saturated heterocycles. The molecule has 1 aromatic rings. The van der Waals surface area contributed by atoms with E-state index in [9.17, 15) is 31.3 Å². The third kappa shape index (κ3) is 8.27. The lowest BCUT2D eigenvalue weighted by molar-refractivity contribution is -0.284. The molecule has 252 valence electrons. The lowest BCUT2D eigenvalue weighted by atomic mass is 9.52. The molecule has 2 fully saturated rings. The molecule has 3 aliphatic carbocycles. The summed E-state index contributed by atoms with van der Waals surface area (Å²) >= 11 is 0. The second-order valence-electron chi connectivity index (χ2n) is 15.5. The van der Waals surface area contributed by atoms with Crippen LogP contribution in [0.1, 0.15) is 140 Å².